The normalized spacial score (nSPS) is 19.7. The van der Waals surface area contributed by atoms with Gasteiger partial charge in [0.05, 0.1) is 0 Å². The lowest BCUT2D eigenvalue weighted by Gasteiger charge is -2.25. The van der Waals surface area contributed by atoms with Crippen LogP contribution in [0.1, 0.15) is 46.9 Å². The first-order valence-electron chi connectivity index (χ1n) is 6.79. The third kappa shape index (κ3) is 3.00. The van der Waals surface area contributed by atoms with Crippen LogP contribution in [0.5, 0.6) is 0 Å². The van der Waals surface area contributed by atoms with Gasteiger partial charge in [-0.3, -0.25) is 4.79 Å². The van der Waals surface area contributed by atoms with Crippen molar-refractivity contribution < 1.29 is 19.1 Å². The average Bonchev–Trinajstić information content (AvgIpc) is 2.75. The summed E-state index contributed by atoms with van der Waals surface area (Å²) in [4.78, 5) is 25.4. The van der Waals surface area contributed by atoms with Gasteiger partial charge in [-0.1, -0.05) is 6.92 Å². The molecule has 0 bridgehead atoms. The second kappa shape index (κ2) is 6.35. The molecule has 1 unspecified atom stereocenters. The Bertz CT molecular complexity index is 511. The van der Waals surface area contributed by atoms with Crippen LogP contribution in [-0.4, -0.2) is 46.0 Å². The van der Waals surface area contributed by atoms with Gasteiger partial charge in [-0.2, -0.15) is 11.8 Å². The molecule has 1 amide bonds. The number of carbonyl (C=O) groups is 2. The molecule has 1 N–H and O–H groups in total. The van der Waals surface area contributed by atoms with Crippen molar-refractivity contribution in [3.05, 3.63) is 23.2 Å². The summed E-state index contributed by atoms with van der Waals surface area (Å²) in [5, 5.41) is 9.11. The molecule has 1 saturated heterocycles. The molecular formula is C14H19NO4S. The van der Waals surface area contributed by atoms with Gasteiger partial charge in [-0.25, -0.2) is 4.79 Å². The molecule has 0 saturated carbocycles. The highest BCUT2D eigenvalue weighted by atomic mass is 32.2. The Labute approximate surface area is 122 Å². The zero-order valence-electron chi connectivity index (χ0n) is 11.7. The first-order valence-corrected chi connectivity index (χ1v) is 7.94. The fourth-order valence-corrected chi connectivity index (χ4v) is 3.35. The molecule has 0 spiro atoms. The number of nitrogens with zero attached hydrogens (tertiary/aromatic N) is 1. The second-order valence-corrected chi connectivity index (χ2v) is 6.08. The summed E-state index contributed by atoms with van der Waals surface area (Å²) in [7, 11) is 0. The number of carboxylic acid groups (broad SMARTS) is 1. The highest BCUT2D eigenvalue weighted by Gasteiger charge is 2.27. The molecule has 5 nitrogen and oxygen atoms in total. The second-order valence-electron chi connectivity index (χ2n) is 4.85. The Balaban J connectivity index is 2.26. The van der Waals surface area contributed by atoms with E-state index in [4.69, 9.17) is 9.52 Å². The quantitative estimate of drug-likeness (QED) is 0.928. The van der Waals surface area contributed by atoms with Crippen LogP contribution in [0.3, 0.4) is 0 Å². The van der Waals surface area contributed by atoms with E-state index in [2.05, 4.69) is 0 Å². The number of thioether (sulfide) groups is 1. The van der Waals surface area contributed by atoms with Crippen molar-refractivity contribution in [3.63, 3.8) is 0 Å². The van der Waals surface area contributed by atoms with Crippen molar-refractivity contribution in [2.75, 3.05) is 18.1 Å². The highest BCUT2D eigenvalue weighted by molar-refractivity contribution is 7.99. The maximum absolute atomic E-state index is 12.5. The number of hydrogen-bond donors (Lipinski definition) is 1. The number of hydrogen-bond acceptors (Lipinski definition) is 4. The van der Waals surface area contributed by atoms with Crippen LogP contribution in [0.2, 0.25) is 0 Å². The lowest BCUT2D eigenvalue weighted by molar-refractivity contribution is 0.0667. The molecule has 6 heteroatoms. The van der Waals surface area contributed by atoms with Crippen molar-refractivity contribution in [1.82, 2.24) is 4.90 Å². The SMILES string of the molecule is CCc1oc(C(=O)N2CCSCCC2C)cc1C(=O)O. The third-order valence-electron chi connectivity index (χ3n) is 3.52. The number of rotatable bonds is 3. The minimum absolute atomic E-state index is 0.0905. The van der Waals surface area contributed by atoms with Gasteiger partial charge < -0.3 is 14.4 Å². The first-order chi connectivity index (χ1) is 9.54. The van der Waals surface area contributed by atoms with E-state index in [1.807, 2.05) is 25.6 Å². The van der Waals surface area contributed by atoms with E-state index in [0.717, 1.165) is 17.9 Å². The summed E-state index contributed by atoms with van der Waals surface area (Å²) in [6.07, 6.45) is 1.41. The van der Waals surface area contributed by atoms with Crippen LogP contribution >= 0.6 is 11.8 Å². The molecule has 1 aromatic rings. The van der Waals surface area contributed by atoms with E-state index >= 15 is 0 Å². The molecule has 1 fully saturated rings. The van der Waals surface area contributed by atoms with Gasteiger partial charge in [0.1, 0.15) is 11.3 Å². The average molecular weight is 297 g/mol. The fourth-order valence-electron chi connectivity index (χ4n) is 2.32. The van der Waals surface area contributed by atoms with Crippen molar-refractivity contribution in [1.29, 1.82) is 0 Å². The molecule has 1 atom stereocenters. The highest BCUT2D eigenvalue weighted by Crippen LogP contribution is 2.22. The number of carbonyl (C=O) groups excluding carboxylic acids is 1. The summed E-state index contributed by atoms with van der Waals surface area (Å²) < 4.78 is 5.45. The summed E-state index contributed by atoms with van der Waals surface area (Å²) in [6.45, 7) is 4.51. The number of carboxylic acids is 1. The molecule has 0 radical (unpaired) electrons. The molecule has 1 aliphatic heterocycles. The Kier molecular flexibility index (Phi) is 4.75. The molecular weight excluding hydrogens is 278 g/mol. The summed E-state index contributed by atoms with van der Waals surface area (Å²) in [5.74, 6) is 1.19. The van der Waals surface area contributed by atoms with E-state index in [9.17, 15) is 9.59 Å². The Morgan fingerprint density at radius 2 is 2.25 bits per heavy atom. The molecule has 1 aliphatic rings. The number of aryl methyl sites for hydroxylation is 1. The molecule has 2 heterocycles. The third-order valence-corrected chi connectivity index (χ3v) is 4.52. The molecule has 0 aliphatic carbocycles. The fraction of sp³-hybridized carbons (Fsp3) is 0.571. The molecule has 20 heavy (non-hydrogen) atoms. The van der Waals surface area contributed by atoms with Gasteiger partial charge >= 0.3 is 5.97 Å². The van der Waals surface area contributed by atoms with Crippen molar-refractivity contribution in [2.24, 2.45) is 0 Å². The molecule has 2 rings (SSSR count). The number of furan rings is 1. The predicted octanol–water partition coefficient (Wildman–Crippen LogP) is 2.51. The summed E-state index contributed by atoms with van der Waals surface area (Å²) >= 11 is 1.83. The van der Waals surface area contributed by atoms with Crippen LogP contribution in [0.25, 0.3) is 0 Å². The largest absolute Gasteiger partial charge is 0.478 e. The van der Waals surface area contributed by atoms with Crippen LogP contribution in [0.4, 0.5) is 0 Å². The minimum Gasteiger partial charge on any atom is -0.478 e. The van der Waals surface area contributed by atoms with Crippen LogP contribution in [0.15, 0.2) is 10.5 Å². The summed E-state index contributed by atoms with van der Waals surface area (Å²) in [5.41, 5.74) is 0.0905. The van der Waals surface area contributed by atoms with E-state index < -0.39 is 5.97 Å². The van der Waals surface area contributed by atoms with Crippen LogP contribution < -0.4 is 0 Å². The molecule has 1 aromatic heterocycles. The molecule has 0 aromatic carbocycles. The predicted molar refractivity (Wildman–Crippen MR) is 77.5 cm³/mol. The van der Waals surface area contributed by atoms with E-state index in [1.165, 1.54) is 6.07 Å². The lowest BCUT2D eigenvalue weighted by atomic mass is 10.2. The van der Waals surface area contributed by atoms with Crippen molar-refractivity contribution in [2.45, 2.75) is 32.7 Å². The molecule has 110 valence electrons. The Morgan fingerprint density at radius 3 is 2.85 bits per heavy atom. The lowest BCUT2D eigenvalue weighted by Crippen LogP contribution is -2.39. The smallest absolute Gasteiger partial charge is 0.339 e. The van der Waals surface area contributed by atoms with E-state index in [-0.39, 0.29) is 23.3 Å². The van der Waals surface area contributed by atoms with Gasteiger partial charge in [-0.05, 0) is 19.1 Å². The van der Waals surface area contributed by atoms with Gasteiger partial charge in [0.2, 0.25) is 0 Å². The van der Waals surface area contributed by atoms with Gasteiger partial charge in [0.15, 0.2) is 5.76 Å². The van der Waals surface area contributed by atoms with E-state index in [1.54, 1.807) is 4.90 Å². The van der Waals surface area contributed by atoms with Gasteiger partial charge in [0.25, 0.3) is 5.91 Å². The minimum atomic E-state index is -1.05. The standard InChI is InChI=1S/C14H19NO4S/c1-3-11-10(14(17)18)8-12(19-11)13(16)15-5-7-20-6-4-9(15)2/h8-9H,3-7H2,1-2H3,(H,17,18). The van der Waals surface area contributed by atoms with Crippen molar-refractivity contribution >= 4 is 23.6 Å². The topological polar surface area (TPSA) is 70.8 Å². The Hall–Kier alpha value is -1.43. The number of amides is 1. The van der Waals surface area contributed by atoms with E-state index in [0.29, 0.717) is 18.7 Å². The van der Waals surface area contributed by atoms with Gasteiger partial charge in [-0.15, -0.1) is 0 Å². The zero-order chi connectivity index (χ0) is 14.7. The van der Waals surface area contributed by atoms with Gasteiger partial charge in [0, 0.05) is 30.8 Å². The zero-order valence-corrected chi connectivity index (χ0v) is 12.5. The van der Waals surface area contributed by atoms with Crippen LogP contribution in [-0.2, 0) is 6.42 Å². The monoisotopic (exact) mass is 297 g/mol. The van der Waals surface area contributed by atoms with Crippen LogP contribution in [0, 0.1) is 0 Å². The van der Waals surface area contributed by atoms with Crippen molar-refractivity contribution in [3.8, 4) is 0 Å². The number of aromatic carboxylic acids is 1. The first kappa shape index (κ1) is 15.0. The Morgan fingerprint density at radius 1 is 1.50 bits per heavy atom. The summed E-state index contributed by atoms with van der Waals surface area (Å²) in [6, 6.07) is 1.51. The maximum Gasteiger partial charge on any atom is 0.339 e. The maximum atomic E-state index is 12.5.